The first kappa shape index (κ1) is 17.3. The SMILES string of the molecule is CCC(C)N(CC)c1cc(CNCC(C)C)c(Cl)cn1. The molecule has 3 nitrogen and oxygen atoms in total. The molecule has 0 amide bonds. The lowest BCUT2D eigenvalue weighted by atomic mass is 10.2. The summed E-state index contributed by atoms with van der Waals surface area (Å²) in [6.45, 7) is 13.8. The van der Waals surface area contributed by atoms with Gasteiger partial charge in [0.1, 0.15) is 5.82 Å². The van der Waals surface area contributed by atoms with Crippen LogP contribution in [0.25, 0.3) is 0 Å². The number of anilines is 1. The second kappa shape index (κ2) is 8.48. The molecule has 114 valence electrons. The van der Waals surface area contributed by atoms with E-state index in [0.717, 1.165) is 42.5 Å². The molecule has 0 aromatic carbocycles. The average Bonchev–Trinajstić information content (AvgIpc) is 2.42. The van der Waals surface area contributed by atoms with Crippen LogP contribution >= 0.6 is 11.6 Å². The predicted molar refractivity (Wildman–Crippen MR) is 88.6 cm³/mol. The molecule has 1 aromatic heterocycles. The first-order valence-corrected chi connectivity index (χ1v) is 7.99. The maximum absolute atomic E-state index is 6.25. The van der Waals surface area contributed by atoms with Gasteiger partial charge in [0.05, 0.1) is 5.02 Å². The van der Waals surface area contributed by atoms with Gasteiger partial charge in [0.25, 0.3) is 0 Å². The van der Waals surface area contributed by atoms with E-state index in [4.69, 9.17) is 11.6 Å². The molecular weight excluding hydrogens is 270 g/mol. The standard InChI is InChI=1S/C16H28ClN3/c1-6-13(5)20(7-2)16-8-14(15(17)11-19-16)10-18-9-12(3)4/h8,11-13,18H,6-7,9-10H2,1-5H3. The Kier molecular flexibility index (Phi) is 7.31. The number of pyridine rings is 1. The van der Waals surface area contributed by atoms with Crippen LogP contribution in [0.4, 0.5) is 5.82 Å². The van der Waals surface area contributed by atoms with Crippen LogP contribution in [-0.2, 0) is 6.54 Å². The van der Waals surface area contributed by atoms with Crippen LogP contribution in [-0.4, -0.2) is 24.1 Å². The van der Waals surface area contributed by atoms with Gasteiger partial charge < -0.3 is 10.2 Å². The van der Waals surface area contributed by atoms with Crippen molar-refractivity contribution in [2.45, 2.75) is 53.6 Å². The Morgan fingerprint density at radius 1 is 1.30 bits per heavy atom. The number of aromatic nitrogens is 1. The Labute approximate surface area is 128 Å². The maximum Gasteiger partial charge on any atom is 0.129 e. The average molecular weight is 298 g/mol. The van der Waals surface area contributed by atoms with E-state index in [2.05, 4.69) is 55.9 Å². The Morgan fingerprint density at radius 3 is 2.55 bits per heavy atom. The molecule has 1 aromatic rings. The molecule has 1 rings (SSSR count). The largest absolute Gasteiger partial charge is 0.354 e. The minimum Gasteiger partial charge on any atom is -0.354 e. The highest BCUT2D eigenvalue weighted by molar-refractivity contribution is 6.31. The van der Waals surface area contributed by atoms with Gasteiger partial charge in [-0.3, -0.25) is 0 Å². The van der Waals surface area contributed by atoms with Gasteiger partial charge in [0.2, 0.25) is 0 Å². The smallest absolute Gasteiger partial charge is 0.129 e. The van der Waals surface area contributed by atoms with Crippen LogP contribution in [0.2, 0.25) is 5.02 Å². The van der Waals surface area contributed by atoms with E-state index in [0.29, 0.717) is 12.0 Å². The number of hydrogen-bond acceptors (Lipinski definition) is 3. The molecule has 1 atom stereocenters. The van der Waals surface area contributed by atoms with Crippen molar-refractivity contribution in [1.82, 2.24) is 10.3 Å². The molecule has 0 saturated carbocycles. The summed E-state index contributed by atoms with van der Waals surface area (Å²) in [4.78, 5) is 6.81. The fourth-order valence-corrected chi connectivity index (χ4v) is 2.35. The molecule has 0 saturated heterocycles. The first-order chi connectivity index (χ1) is 9.49. The number of rotatable bonds is 8. The van der Waals surface area contributed by atoms with Gasteiger partial charge >= 0.3 is 0 Å². The summed E-state index contributed by atoms with van der Waals surface area (Å²) in [5, 5.41) is 4.18. The summed E-state index contributed by atoms with van der Waals surface area (Å²) in [5.41, 5.74) is 1.12. The molecular formula is C16H28ClN3. The van der Waals surface area contributed by atoms with Crippen molar-refractivity contribution in [3.8, 4) is 0 Å². The number of hydrogen-bond donors (Lipinski definition) is 1. The summed E-state index contributed by atoms with van der Waals surface area (Å²) < 4.78 is 0. The Morgan fingerprint density at radius 2 is 2.00 bits per heavy atom. The van der Waals surface area contributed by atoms with Crippen LogP contribution in [0.5, 0.6) is 0 Å². The zero-order chi connectivity index (χ0) is 15.1. The van der Waals surface area contributed by atoms with E-state index in [9.17, 15) is 0 Å². The van der Waals surface area contributed by atoms with Crippen molar-refractivity contribution in [3.63, 3.8) is 0 Å². The zero-order valence-electron chi connectivity index (χ0n) is 13.4. The fraction of sp³-hybridized carbons (Fsp3) is 0.688. The zero-order valence-corrected chi connectivity index (χ0v) is 14.2. The van der Waals surface area contributed by atoms with Crippen molar-refractivity contribution in [1.29, 1.82) is 0 Å². The first-order valence-electron chi connectivity index (χ1n) is 7.61. The summed E-state index contributed by atoms with van der Waals surface area (Å²) in [7, 11) is 0. The number of nitrogens with zero attached hydrogens (tertiary/aromatic N) is 2. The molecule has 0 fully saturated rings. The van der Waals surface area contributed by atoms with E-state index in [1.807, 2.05) is 0 Å². The third-order valence-corrected chi connectivity index (χ3v) is 3.89. The minimum atomic E-state index is 0.491. The molecule has 1 heterocycles. The van der Waals surface area contributed by atoms with Gasteiger partial charge in [-0.1, -0.05) is 32.4 Å². The molecule has 1 N–H and O–H groups in total. The Hall–Kier alpha value is -0.800. The van der Waals surface area contributed by atoms with Gasteiger partial charge in [-0.05, 0) is 44.4 Å². The van der Waals surface area contributed by atoms with Crippen molar-refractivity contribution in [2.75, 3.05) is 18.0 Å². The lowest BCUT2D eigenvalue weighted by Crippen LogP contribution is -2.33. The number of halogens is 1. The third-order valence-electron chi connectivity index (χ3n) is 3.55. The molecule has 0 aliphatic rings. The van der Waals surface area contributed by atoms with Crippen LogP contribution in [0, 0.1) is 5.92 Å². The molecule has 0 spiro atoms. The lowest BCUT2D eigenvalue weighted by Gasteiger charge is -2.28. The summed E-state index contributed by atoms with van der Waals surface area (Å²) in [6.07, 6.45) is 2.88. The summed E-state index contributed by atoms with van der Waals surface area (Å²) in [6, 6.07) is 2.61. The predicted octanol–water partition coefficient (Wildman–Crippen LogP) is 4.11. The highest BCUT2D eigenvalue weighted by Gasteiger charge is 2.14. The minimum absolute atomic E-state index is 0.491. The molecule has 1 unspecified atom stereocenters. The normalized spacial score (nSPS) is 12.8. The van der Waals surface area contributed by atoms with Gasteiger partial charge in [-0.2, -0.15) is 0 Å². The molecule has 0 radical (unpaired) electrons. The van der Waals surface area contributed by atoms with Crippen molar-refractivity contribution in [3.05, 3.63) is 22.8 Å². The Balaban J connectivity index is 2.83. The molecule has 20 heavy (non-hydrogen) atoms. The second-order valence-electron chi connectivity index (χ2n) is 5.70. The van der Waals surface area contributed by atoms with E-state index in [-0.39, 0.29) is 0 Å². The van der Waals surface area contributed by atoms with Crippen LogP contribution in [0.1, 0.15) is 46.6 Å². The summed E-state index contributed by atoms with van der Waals surface area (Å²) in [5.74, 6) is 1.66. The van der Waals surface area contributed by atoms with Crippen LogP contribution in [0.3, 0.4) is 0 Å². The van der Waals surface area contributed by atoms with E-state index in [1.165, 1.54) is 0 Å². The molecule has 0 bridgehead atoms. The molecule has 0 aliphatic carbocycles. The maximum atomic E-state index is 6.25. The van der Waals surface area contributed by atoms with Gasteiger partial charge in [0, 0.05) is 25.3 Å². The van der Waals surface area contributed by atoms with E-state index < -0.39 is 0 Å². The quantitative estimate of drug-likeness (QED) is 0.783. The van der Waals surface area contributed by atoms with Crippen LogP contribution < -0.4 is 10.2 Å². The highest BCUT2D eigenvalue weighted by atomic mass is 35.5. The second-order valence-corrected chi connectivity index (χ2v) is 6.11. The fourth-order valence-electron chi connectivity index (χ4n) is 2.18. The third kappa shape index (κ3) is 4.95. The molecule has 4 heteroatoms. The van der Waals surface area contributed by atoms with E-state index in [1.54, 1.807) is 6.20 Å². The highest BCUT2D eigenvalue weighted by Crippen LogP contribution is 2.22. The van der Waals surface area contributed by atoms with Crippen molar-refractivity contribution < 1.29 is 0 Å². The van der Waals surface area contributed by atoms with Crippen molar-refractivity contribution >= 4 is 17.4 Å². The van der Waals surface area contributed by atoms with Gasteiger partial charge in [0.15, 0.2) is 0 Å². The van der Waals surface area contributed by atoms with Gasteiger partial charge in [-0.25, -0.2) is 4.98 Å². The lowest BCUT2D eigenvalue weighted by molar-refractivity contribution is 0.552. The van der Waals surface area contributed by atoms with Crippen molar-refractivity contribution in [2.24, 2.45) is 5.92 Å². The molecule has 0 aliphatic heterocycles. The summed E-state index contributed by atoms with van der Waals surface area (Å²) >= 11 is 6.25. The topological polar surface area (TPSA) is 28.2 Å². The van der Waals surface area contributed by atoms with E-state index >= 15 is 0 Å². The van der Waals surface area contributed by atoms with Gasteiger partial charge in [-0.15, -0.1) is 0 Å². The monoisotopic (exact) mass is 297 g/mol. The number of nitrogens with one attached hydrogen (secondary N) is 1. The Bertz CT molecular complexity index is 407. The van der Waals surface area contributed by atoms with Crippen LogP contribution in [0.15, 0.2) is 12.3 Å².